The molecule has 198 valence electrons. The predicted octanol–water partition coefficient (Wildman–Crippen LogP) is 5.86. The van der Waals surface area contributed by atoms with Crippen LogP contribution in [-0.2, 0) is 16.0 Å². The highest BCUT2D eigenvalue weighted by Gasteiger charge is 2.48. The maximum Gasteiger partial charge on any atom is 0.301 e. The quantitative estimate of drug-likeness (QED) is 0.169. The molecule has 0 bridgehead atoms. The van der Waals surface area contributed by atoms with Gasteiger partial charge < -0.3 is 19.7 Å². The highest BCUT2D eigenvalue weighted by molar-refractivity contribution is 9.10. The Morgan fingerprint density at radius 2 is 2.00 bits per heavy atom. The van der Waals surface area contributed by atoms with Gasteiger partial charge in [0, 0.05) is 12.0 Å². The molecular weight excluding hydrogens is 591 g/mol. The molecule has 0 aliphatic carbocycles. The molecule has 1 aromatic heterocycles. The Kier molecular flexibility index (Phi) is 6.07. The number of aromatic nitrogens is 1. The van der Waals surface area contributed by atoms with Crippen molar-refractivity contribution in [2.24, 2.45) is 0 Å². The number of thiazole rings is 1. The molecule has 0 spiro atoms. The van der Waals surface area contributed by atoms with Crippen molar-refractivity contribution in [1.29, 1.82) is 0 Å². The number of Topliss-reactive ketones (excluding diaryl/α,β-unsaturated/α-hetero) is 1. The number of halogens is 2. The van der Waals surface area contributed by atoms with Gasteiger partial charge in [-0.3, -0.25) is 14.5 Å². The number of ether oxygens (including phenoxy) is 2. The van der Waals surface area contributed by atoms with Gasteiger partial charge in [0.05, 0.1) is 33.4 Å². The van der Waals surface area contributed by atoms with Crippen LogP contribution in [0.5, 0.6) is 17.2 Å². The fraction of sp³-hybridized carbons (Fsp3) is 0.179. The van der Waals surface area contributed by atoms with Crippen molar-refractivity contribution in [2.75, 3.05) is 12.0 Å². The van der Waals surface area contributed by atoms with Crippen molar-refractivity contribution in [2.45, 2.75) is 25.5 Å². The van der Waals surface area contributed by atoms with Crippen molar-refractivity contribution in [3.05, 3.63) is 81.1 Å². The van der Waals surface area contributed by atoms with E-state index in [9.17, 15) is 24.2 Å². The number of carbonyl (C=O) groups is 2. The molecule has 0 saturated carbocycles. The average molecular weight is 611 g/mol. The van der Waals surface area contributed by atoms with Crippen LogP contribution >= 0.6 is 27.3 Å². The summed E-state index contributed by atoms with van der Waals surface area (Å²) in [7, 11) is 1.37. The highest BCUT2D eigenvalue weighted by atomic mass is 79.9. The number of aliphatic hydroxyl groups excluding tert-OH is 1. The summed E-state index contributed by atoms with van der Waals surface area (Å²) >= 11 is 4.35. The fourth-order valence-electron chi connectivity index (χ4n) is 4.97. The van der Waals surface area contributed by atoms with Gasteiger partial charge in [-0.05, 0) is 82.5 Å². The number of carbonyl (C=O) groups excluding carboxylic acids is 2. The van der Waals surface area contributed by atoms with Gasteiger partial charge in [0.2, 0.25) is 0 Å². The van der Waals surface area contributed by atoms with Crippen LogP contribution in [0.4, 0.5) is 9.52 Å². The first kappa shape index (κ1) is 25.3. The molecule has 2 aliphatic rings. The van der Waals surface area contributed by atoms with Crippen LogP contribution in [0.3, 0.4) is 0 Å². The number of nitrogens with zero attached hydrogens (tertiary/aromatic N) is 2. The molecule has 1 fully saturated rings. The second-order valence-corrected chi connectivity index (χ2v) is 11.1. The van der Waals surface area contributed by atoms with Gasteiger partial charge in [-0.1, -0.05) is 11.3 Å². The third-order valence-electron chi connectivity index (χ3n) is 6.75. The van der Waals surface area contributed by atoms with E-state index in [0.29, 0.717) is 33.5 Å². The molecule has 2 aliphatic heterocycles. The molecule has 0 unspecified atom stereocenters. The van der Waals surface area contributed by atoms with E-state index in [-0.39, 0.29) is 38.5 Å². The van der Waals surface area contributed by atoms with E-state index in [1.165, 1.54) is 36.3 Å². The van der Waals surface area contributed by atoms with Gasteiger partial charge in [0.25, 0.3) is 5.78 Å². The first-order valence-corrected chi connectivity index (χ1v) is 13.5. The highest BCUT2D eigenvalue weighted by Crippen LogP contribution is 2.47. The first-order chi connectivity index (χ1) is 18.7. The van der Waals surface area contributed by atoms with Gasteiger partial charge in [-0.25, -0.2) is 9.37 Å². The van der Waals surface area contributed by atoms with Gasteiger partial charge in [0.1, 0.15) is 23.4 Å². The normalized spacial score (nSPS) is 19.9. The van der Waals surface area contributed by atoms with Gasteiger partial charge in [0.15, 0.2) is 16.6 Å². The minimum absolute atomic E-state index is 0.0198. The monoisotopic (exact) mass is 610 g/mol. The number of phenolic OH excluding ortho intramolecular Hbond substituents is 1. The van der Waals surface area contributed by atoms with E-state index in [1.54, 1.807) is 24.3 Å². The summed E-state index contributed by atoms with van der Waals surface area (Å²) in [6, 6.07) is 11.1. The molecule has 1 saturated heterocycles. The Morgan fingerprint density at radius 1 is 1.21 bits per heavy atom. The van der Waals surface area contributed by atoms with Crippen LogP contribution < -0.4 is 14.4 Å². The Labute approximate surface area is 234 Å². The Bertz CT molecular complexity index is 1730. The number of amides is 1. The SMILES string of the molecule is COc1cc([C@@H]2/C(=C(\O)c3ccc4c(c3)C[C@@H](C)O4)C(=O)C(=O)N2c2nc3ccc(F)cc3s2)cc(Br)c1O. The Hall–Kier alpha value is -3.96. The van der Waals surface area contributed by atoms with Crippen LogP contribution in [0, 0.1) is 5.82 Å². The van der Waals surface area contributed by atoms with E-state index in [2.05, 4.69) is 20.9 Å². The molecule has 39 heavy (non-hydrogen) atoms. The number of rotatable bonds is 4. The number of ketones is 1. The second-order valence-electron chi connectivity index (χ2n) is 9.29. The number of phenols is 1. The van der Waals surface area contributed by atoms with Crippen molar-refractivity contribution in [1.82, 2.24) is 4.98 Å². The summed E-state index contributed by atoms with van der Waals surface area (Å²) in [4.78, 5) is 32.7. The van der Waals surface area contributed by atoms with Gasteiger partial charge in [-0.15, -0.1) is 0 Å². The lowest BCUT2D eigenvalue weighted by molar-refractivity contribution is -0.132. The van der Waals surface area contributed by atoms with E-state index >= 15 is 0 Å². The minimum Gasteiger partial charge on any atom is -0.507 e. The number of methoxy groups -OCH3 is 1. The minimum atomic E-state index is -1.12. The number of hydrogen-bond donors (Lipinski definition) is 2. The molecule has 11 heteroatoms. The topological polar surface area (TPSA) is 109 Å². The zero-order valence-electron chi connectivity index (χ0n) is 20.6. The van der Waals surface area contributed by atoms with Crippen molar-refractivity contribution in [3.8, 4) is 17.2 Å². The molecule has 3 aromatic carbocycles. The maximum atomic E-state index is 13.9. The van der Waals surface area contributed by atoms with Crippen LogP contribution in [0.25, 0.3) is 16.0 Å². The molecule has 1 amide bonds. The number of aliphatic hydroxyl groups is 1. The summed E-state index contributed by atoms with van der Waals surface area (Å²) in [6.45, 7) is 1.94. The standard InChI is InChI=1S/C28H20BrFN2O6S/c1-12-7-14-8-13(3-6-19(14)38-12)24(33)22-23(15-9-17(29)25(34)20(10-15)37-2)32(27(36)26(22)35)28-31-18-5-4-16(30)11-21(18)39-28/h3-6,8-12,23,33-34H,7H2,1-2H3/b24-22+/t12-,23-/m1/s1. The van der Waals surface area contributed by atoms with Gasteiger partial charge in [-0.2, -0.15) is 0 Å². The largest absolute Gasteiger partial charge is 0.507 e. The first-order valence-electron chi connectivity index (χ1n) is 11.9. The number of anilines is 1. The lowest BCUT2D eigenvalue weighted by atomic mass is 9.94. The molecule has 2 atom stereocenters. The average Bonchev–Trinajstić information content (AvgIpc) is 3.57. The maximum absolute atomic E-state index is 13.9. The number of benzene rings is 3. The molecule has 4 aromatic rings. The summed E-state index contributed by atoms with van der Waals surface area (Å²) in [5.41, 5.74) is 1.90. The number of hydrogen-bond acceptors (Lipinski definition) is 8. The summed E-state index contributed by atoms with van der Waals surface area (Å²) in [5, 5.41) is 22.1. The van der Waals surface area contributed by atoms with E-state index in [0.717, 1.165) is 16.9 Å². The lowest BCUT2D eigenvalue weighted by Crippen LogP contribution is -2.29. The number of aromatic hydroxyl groups is 1. The Morgan fingerprint density at radius 3 is 2.77 bits per heavy atom. The second kappa shape index (κ2) is 9.35. The van der Waals surface area contributed by atoms with E-state index in [4.69, 9.17) is 9.47 Å². The lowest BCUT2D eigenvalue weighted by Gasteiger charge is -2.24. The van der Waals surface area contributed by atoms with Crippen molar-refractivity contribution in [3.63, 3.8) is 0 Å². The molecule has 6 rings (SSSR count). The third-order valence-corrected chi connectivity index (χ3v) is 8.37. The van der Waals surface area contributed by atoms with Crippen LogP contribution in [0.1, 0.15) is 29.7 Å². The van der Waals surface area contributed by atoms with Gasteiger partial charge >= 0.3 is 5.91 Å². The zero-order chi connectivity index (χ0) is 27.6. The molecule has 2 N–H and O–H groups in total. The van der Waals surface area contributed by atoms with Crippen LogP contribution in [0.15, 0.2) is 58.6 Å². The smallest absolute Gasteiger partial charge is 0.301 e. The predicted molar refractivity (Wildman–Crippen MR) is 147 cm³/mol. The third kappa shape index (κ3) is 4.12. The zero-order valence-corrected chi connectivity index (χ0v) is 23.0. The van der Waals surface area contributed by atoms with Crippen molar-refractivity contribution < 1.29 is 33.7 Å². The molecule has 8 nitrogen and oxygen atoms in total. The summed E-state index contributed by atoms with van der Waals surface area (Å²) < 4.78 is 25.7. The van der Waals surface area contributed by atoms with E-state index < -0.39 is 23.5 Å². The van der Waals surface area contributed by atoms with Crippen LogP contribution in [0.2, 0.25) is 0 Å². The molecule has 3 heterocycles. The van der Waals surface area contributed by atoms with E-state index in [1.807, 2.05) is 6.92 Å². The molecule has 0 radical (unpaired) electrons. The van der Waals surface area contributed by atoms with Crippen LogP contribution in [-0.4, -0.2) is 40.1 Å². The molecular formula is C28H20BrFN2O6S. The summed E-state index contributed by atoms with van der Waals surface area (Å²) in [6.07, 6.45) is 0.618. The van der Waals surface area contributed by atoms with Crippen molar-refractivity contribution >= 4 is 60.1 Å². The number of fused-ring (bicyclic) bond motifs is 2. The fourth-order valence-corrected chi connectivity index (χ4v) is 6.44. The summed E-state index contributed by atoms with van der Waals surface area (Å²) in [5.74, 6) is -2.00. The Balaban J connectivity index is 1.57.